The van der Waals surface area contributed by atoms with Gasteiger partial charge in [0.1, 0.15) is 0 Å². The SMILES string of the molecule is Cc1cccc2c1NCC(C)C2N1CCCCC1. The highest BCUT2D eigenvalue weighted by atomic mass is 15.2. The molecule has 0 bridgehead atoms. The number of para-hydroxylation sites is 1. The summed E-state index contributed by atoms with van der Waals surface area (Å²) < 4.78 is 0. The number of nitrogens with zero attached hydrogens (tertiary/aromatic N) is 1. The minimum atomic E-state index is 0.626. The molecule has 0 aromatic heterocycles. The van der Waals surface area contributed by atoms with Gasteiger partial charge in [-0.05, 0) is 49.9 Å². The number of hydrogen-bond donors (Lipinski definition) is 1. The Labute approximate surface area is 110 Å². The summed E-state index contributed by atoms with van der Waals surface area (Å²) in [6, 6.07) is 7.38. The quantitative estimate of drug-likeness (QED) is 0.812. The van der Waals surface area contributed by atoms with Crippen molar-refractivity contribution in [3.05, 3.63) is 29.3 Å². The van der Waals surface area contributed by atoms with Crippen molar-refractivity contribution in [2.45, 2.75) is 39.2 Å². The highest BCUT2D eigenvalue weighted by molar-refractivity contribution is 5.60. The third-order valence-corrected chi connectivity index (χ3v) is 4.55. The first-order valence-electron chi connectivity index (χ1n) is 7.35. The van der Waals surface area contributed by atoms with Crippen LogP contribution < -0.4 is 5.32 Å². The van der Waals surface area contributed by atoms with E-state index in [2.05, 4.69) is 42.3 Å². The van der Waals surface area contributed by atoms with Crippen LogP contribution in [0.25, 0.3) is 0 Å². The minimum absolute atomic E-state index is 0.626. The van der Waals surface area contributed by atoms with Crippen molar-refractivity contribution in [3.8, 4) is 0 Å². The summed E-state index contributed by atoms with van der Waals surface area (Å²) in [5, 5.41) is 3.62. The lowest BCUT2D eigenvalue weighted by atomic mass is 9.86. The number of piperidine rings is 1. The molecule has 98 valence electrons. The molecule has 1 saturated heterocycles. The predicted octanol–water partition coefficient (Wildman–Crippen LogP) is 3.58. The molecule has 3 rings (SSSR count). The van der Waals surface area contributed by atoms with Crippen molar-refractivity contribution in [1.29, 1.82) is 0 Å². The Bertz CT molecular complexity index is 421. The maximum atomic E-state index is 3.62. The van der Waals surface area contributed by atoms with Crippen molar-refractivity contribution in [2.24, 2.45) is 5.92 Å². The molecule has 0 amide bonds. The van der Waals surface area contributed by atoms with Gasteiger partial charge in [0.2, 0.25) is 0 Å². The first-order valence-corrected chi connectivity index (χ1v) is 7.35. The van der Waals surface area contributed by atoms with Gasteiger partial charge in [0, 0.05) is 18.3 Å². The predicted molar refractivity (Wildman–Crippen MR) is 77.0 cm³/mol. The fourth-order valence-corrected chi connectivity index (χ4v) is 3.61. The Morgan fingerprint density at radius 3 is 2.72 bits per heavy atom. The van der Waals surface area contributed by atoms with Gasteiger partial charge in [-0.15, -0.1) is 0 Å². The molecule has 2 aliphatic heterocycles. The van der Waals surface area contributed by atoms with Crippen LogP contribution in [0, 0.1) is 12.8 Å². The second kappa shape index (κ2) is 4.93. The summed E-state index contributed by atoms with van der Waals surface area (Å²) in [5.41, 5.74) is 4.31. The van der Waals surface area contributed by atoms with Crippen molar-refractivity contribution in [3.63, 3.8) is 0 Å². The molecular formula is C16H24N2. The van der Waals surface area contributed by atoms with E-state index < -0.39 is 0 Å². The van der Waals surface area contributed by atoms with Crippen LogP contribution in [0.1, 0.15) is 43.4 Å². The molecule has 2 nitrogen and oxygen atoms in total. The smallest absolute Gasteiger partial charge is 0.0418 e. The fourth-order valence-electron chi connectivity index (χ4n) is 3.61. The molecule has 1 aromatic carbocycles. The van der Waals surface area contributed by atoms with Gasteiger partial charge >= 0.3 is 0 Å². The lowest BCUT2D eigenvalue weighted by molar-refractivity contribution is 0.123. The number of nitrogens with one attached hydrogen (secondary N) is 1. The molecule has 2 atom stereocenters. The van der Waals surface area contributed by atoms with Crippen LogP contribution in [0.4, 0.5) is 5.69 Å². The van der Waals surface area contributed by atoms with Gasteiger partial charge in [-0.2, -0.15) is 0 Å². The molecule has 0 radical (unpaired) electrons. The third kappa shape index (κ3) is 2.03. The van der Waals surface area contributed by atoms with Crippen molar-refractivity contribution >= 4 is 5.69 Å². The van der Waals surface area contributed by atoms with Crippen molar-refractivity contribution in [2.75, 3.05) is 25.0 Å². The number of benzene rings is 1. The van der Waals surface area contributed by atoms with E-state index in [0.29, 0.717) is 12.0 Å². The molecule has 1 fully saturated rings. The molecule has 2 unspecified atom stereocenters. The van der Waals surface area contributed by atoms with Crippen LogP contribution in [-0.2, 0) is 0 Å². The summed E-state index contributed by atoms with van der Waals surface area (Å²) in [4.78, 5) is 2.72. The maximum absolute atomic E-state index is 3.62. The van der Waals surface area contributed by atoms with Gasteiger partial charge in [0.05, 0.1) is 0 Å². The zero-order valence-corrected chi connectivity index (χ0v) is 11.6. The van der Waals surface area contributed by atoms with Crippen LogP contribution in [-0.4, -0.2) is 24.5 Å². The second-order valence-corrected chi connectivity index (χ2v) is 5.94. The summed E-state index contributed by atoms with van der Waals surface area (Å²) in [6.07, 6.45) is 4.16. The summed E-state index contributed by atoms with van der Waals surface area (Å²) in [7, 11) is 0. The first-order chi connectivity index (χ1) is 8.77. The van der Waals surface area contributed by atoms with E-state index in [1.165, 1.54) is 49.2 Å². The molecule has 1 aromatic rings. The molecule has 18 heavy (non-hydrogen) atoms. The van der Waals surface area contributed by atoms with Crippen molar-refractivity contribution in [1.82, 2.24) is 4.90 Å². The minimum Gasteiger partial charge on any atom is -0.384 e. The molecule has 0 saturated carbocycles. The van der Waals surface area contributed by atoms with Crippen molar-refractivity contribution < 1.29 is 0 Å². The van der Waals surface area contributed by atoms with E-state index in [1.54, 1.807) is 0 Å². The van der Waals surface area contributed by atoms with E-state index >= 15 is 0 Å². The zero-order chi connectivity index (χ0) is 12.5. The molecule has 2 heterocycles. The zero-order valence-electron chi connectivity index (χ0n) is 11.6. The normalized spacial score (nSPS) is 28.6. The van der Waals surface area contributed by atoms with Crippen LogP contribution in [0.2, 0.25) is 0 Å². The second-order valence-electron chi connectivity index (χ2n) is 5.94. The van der Waals surface area contributed by atoms with Gasteiger partial charge in [-0.1, -0.05) is 31.5 Å². The number of likely N-dealkylation sites (tertiary alicyclic amines) is 1. The van der Waals surface area contributed by atoms with E-state index in [-0.39, 0.29) is 0 Å². The fraction of sp³-hybridized carbons (Fsp3) is 0.625. The summed E-state index contributed by atoms with van der Waals surface area (Å²) in [5.74, 6) is 0.706. The Morgan fingerprint density at radius 2 is 1.94 bits per heavy atom. The number of hydrogen-bond acceptors (Lipinski definition) is 2. The highest BCUT2D eigenvalue weighted by Gasteiger charge is 2.32. The van der Waals surface area contributed by atoms with Crippen LogP contribution >= 0.6 is 0 Å². The molecule has 2 aliphatic rings. The Kier molecular flexibility index (Phi) is 3.29. The lowest BCUT2D eigenvalue weighted by Crippen LogP contribution is -2.41. The summed E-state index contributed by atoms with van der Waals surface area (Å²) in [6.45, 7) is 8.27. The molecule has 2 heteroatoms. The topological polar surface area (TPSA) is 15.3 Å². The van der Waals surface area contributed by atoms with Gasteiger partial charge in [-0.25, -0.2) is 0 Å². The van der Waals surface area contributed by atoms with Crippen LogP contribution in [0.5, 0.6) is 0 Å². The Morgan fingerprint density at radius 1 is 1.17 bits per heavy atom. The van der Waals surface area contributed by atoms with Gasteiger partial charge in [0.25, 0.3) is 0 Å². The van der Waals surface area contributed by atoms with Gasteiger partial charge < -0.3 is 5.32 Å². The number of rotatable bonds is 1. The monoisotopic (exact) mass is 244 g/mol. The van der Waals surface area contributed by atoms with E-state index in [4.69, 9.17) is 0 Å². The Hall–Kier alpha value is -1.02. The van der Waals surface area contributed by atoms with Crippen LogP contribution in [0.3, 0.4) is 0 Å². The number of aryl methyl sites for hydroxylation is 1. The molecule has 1 N–H and O–H groups in total. The third-order valence-electron chi connectivity index (χ3n) is 4.55. The average Bonchev–Trinajstić information content (AvgIpc) is 2.40. The number of fused-ring (bicyclic) bond motifs is 1. The molecule has 0 aliphatic carbocycles. The Balaban J connectivity index is 1.96. The van der Waals surface area contributed by atoms with E-state index in [0.717, 1.165) is 6.54 Å². The summed E-state index contributed by atoms with van der Waals surface area (Å²) >= 11 is 0. The van der Waals surface area contributed by atoms with E-state index in [9.17, 15) is 0 Å². The standard InChI is InChI=1S/C16H24N2/c1-12-7-6-8-14-15(12)17-11-13(2)16(14)18-9-4-3-5-10-18/h6-8,13,16-17H,3-5,9-11H2,1-2H3. The first kappa shape index (κ1) is 12.0. The molecular weight excluding hydrogens is 220 g/mol. The van der Waals surface area contributed by atoms with Crippen LogP contribution in [0.15, 0.2) is 18.2 Å². The van der Waals surface area contributed by atoms with E-state index in [1.807, 2.05) is 0 Å². The largest absolute Gasteiger partial charge is 0.384 e. The van der Waals surface area contributed by atoms with Gasteiger partial charge in [0.15, 0.2) is 0 Å². The highest BCUT2D eigenvalue weighted by Crippen LogP contribution is 2.40. The average molecular weight is 244 g/mol. The van der Waals surface area contributed by atoms with Gasteiger partial charge in [-0.3, -0.25) is 4.90 Å². The molecule has 0 spiro atoms. The number of anilines is 1. The lowest BCUT2D eigenvalue weighted by Gasteiger charge is -2.42. The maximum Gasteiger partial charge on any atom is 0.0418 e.